The van der Waals surface area contributed by atoms with Gasteiger partial charge in [0.2, 0.25) is 6.41 Å². The number of hydrogen-bond donors (Lipinski definition) is 2. The van der Waals surface area contributed by atoms with Gasteiger partial charge in [-0.3, -0.25) is 4.79 Å². The number of pyridine rings is 1. The van der Waals surface area contributed by atoms with Crippen molar-refractivity contribution in [1.29, 1.82) is 0 Å². The molecule has 3 rings (SSSR count). The Morgan fingerprint density at radius 2 is 2.42 bits per heavy atom. The summed E-state index contributed by atoms with van der Waals surface area (Å²) in [5, 5.41) is 3.72. The van der Waals surface area contributed by atoms with Gasteiger partial charge in [-0.1, -0.05) is 6.08 Å². The number of fused-ring (bicyclic) bond motifs is 1. The number of nitrogens with one attached hydrogen (secondary N) is 2. The lowest BCUT2D eigenvalue weighted by atomic mass is 9.97. The summed E-state index contributed by atoms with van der Waals surface area (Å²) in [6.45, 7) is 2.01. The maximum atomic E-state index is 10.7. The van der Waals surface area contributed by atoms with Crippen molar-refractivity contribution in [3.63, 3.8) is 0 Å². The lowest BCUT2D eigenvalue weighted by Crippen LogP contribution is -2.23. The van der Waals surface area contributed by atoms with Crippen LogP contribution in [0, 0.1) is 0 Å². The zero-order chi connectivity index (χ0) is 13.2. The second-order valence-electron chi connectivity index (χ2n) is 4.79. The highest BCUT2D eigenvalue weighted by Crippen LogP contribution is 2.32. The number of nitrogens with zero attached hydrogens (tertiary/aromatic N) is 2. The third kappa shape index (κ3) is 2.13. The van der Waals surface area contributed by atoms with E-state index in [0.717, 1.165) is 41.8 Å². The zero-order valence-corrected chi connectivity index (χ0v) is 10.8. The third-order valence-electron chi connectivity index (χ3n) is 3.55. The molecule has 0 spiro atoms. The van der Waals surface area contributed by atoms with Crippen LogP contribution in [-0.4, -0.2) is 41.4 Å². The minimum absolute atomic E-state index is 0.697. The van der Waals surface area contributed by atoms with Crippen LogP contribution in [0.3, 0.4) is 0 Å². The number of aromatic nitrogens is 2. The summed E-state index contributed by atoms with van der Waals surface area (Å²) in [5.74, 6) is 0. The lowest BCUT2D eigenvalue weighted by Gasteiger charge is -2.22. The Balaban J connectivity index is 2.12. The molecule has 0 unspecified atom stereocenters. The largest absolute Gasteiger partial charge is 0.344 e. The first-order valence-corrected chi connectivity index (χ1v) is 6.34. The fraction of sp³-hybridized carbons (Fsp3) is 0.286. The van der Waals surface area contributed by atoms with Gasteiger partial charge in [0.1, 0.15) is 5.65 Å². The number of anilines is 1. The third-order valence-corrected chi connectivity index (χ3v) is 3.55. The number of amides is 1. The van der Waals surface area contributed by atoms with Gasteiger partial charge in [0.05, 0.1) is 5.69 Å². The van der Waals surface area contributed by atoms with Crippen LogP contribution in [0.4, 0.5) is 5.69 Å². The summed E-state index contributed by atoms with van der Waals surface area (Å²) in [6, 6.07) is 2.02. The number of rotatable bonds is 3. The predicted molar refractivity (Wildman–Crippen MR) is 75.9 cm³/mol. The molecule has 2 aromatic heterocycles. The van der Waals surface area contributed by atoms with Crippen LogP contribution < -0.4 is 5.32 Å². The number of H-pyrrole nitrogens is 1. The van der Waals surface area contributed by atoms with Crippen molar-refractivity contribution in [2.45, 2.75) is 6.42 Å². The normalized spacial score (nSPS) is 16.4. The predicted octanol–water partition coefficient (Wildman–Crippen LogP) is 1.85. The molecule has 98 valence electrons. The zero-order valence-electron chi connectivity index (χ0n) is 10.8. The van der Waals surface area contributed by atoms with Crippen molar-refractivity contribution < 1.29 is 4.79 Å². The second-order valence-corrected chi connectivity index (χ2v) is 4.79. The van der Waals surface area contributed by atoms with E-state index in [1.165, 1.54) is 5.57 Å². The summed E-state index contributed by atoms with van der Waals surface area (Å²) in [7, 11) is 2.12. The second kappa shape index (κ2) is 4.85. The molecule has 2 aromatic rings. The van der Waals surface area contributed by atoms with Crippen LogP contribution in [0.5, 0.6) is 0 Å². The Hall–Kier alpha value is -2.14. The molecule has 0 saturated carbocycles. The molecule has 5 heteroatoms. The van der Waals surface area contributed by atoms with Crippen molar-refractivity contribution in [1.82, 2.24) is 14.9 Å². The van der Waals surface area contributed by atoms with E-state index >= 15 is 0 Å². The standard InChI is InChI=1S/C14H16N4O/c1-18-6-3-10(4-7-18)11-2-5-15-14-13(11)12(8-16-14)17-9-19/h2-3,5,8-9H,4,6-7H2,1H3,(H,15,16)(H,17,19). The summed E-state index contributed by atoms with van der Waals surface area (Å²) < 4.78 is 0. The quantitative estimate of drug-likeness (QED) is 0.824. The van der Waals surface area contributed by atoms with Gasteiger partial charge in [-0.15, -0.1) is 0 Å². The van der Waals surface area contributed by atoms with E-state index in [1.54, 1.807) is 12.4 Å². The molecule has 2 N–H and O–H groups in total. The lowest BCUT2D eigenvalue weighted by molar-refractivity contribution is -0.105. The van der Waals surface area contributed by atoms with Gasteiger partial charge >= 0.3 is 0 Å². The molecule has 0 aliphatic carbocycles. The molecule has 0 atom stereocenters. The summed E-state index contributed by atoms with van der Waals surface area (Å²) >= 11 is 0. The Kier molecular flexibility index (Phi) is 3.05. The van der Waals surface area contributed by atoms with Crippen LogP contribution in [0.1, 0.15) is 12.0 Å². The molecule has 1 amide bonds. The number of hydrogen-bond acceptors (Lipinski definition) is 3. The fourth-order valence-corrected chi connectivity index (χ4v) is 2.52. The molecule has 1 aliphatic heterocycles. The van der Waals surface area contributed by atoms with Gasteiger partial charge in [-0.2, -0.15) is 0 Å². The van der Waals surface area contributed by atoms with Crippen molar-refractivity contribution in [2.24, 2.45) is 0 Å². The summed E-state index contributed by atoms with van der Waals surface area (Å²) in [5.41, 5.74) is 4.07. The van der Waals surface area contributed by atoms with Gasteiger partial charge in [-0.05, 0) is 30.7 Å². The Morgan fingerprint density at radius 1 is 1.53 bits per heavy atom. The van der Waals surface area contributed by atoms with E-state index in [9.17, 15) is 4.79 Å². The maximum absolute atomic E-state index is 10.7. The number of likely N-dealkylation sites (N-methyl/N-ethyl adjacent to an activating group) is 1. The minimum Gasteiger partial charge on any atom is -0.344 e. The Morgan fingerprint density at radius 3 is 3.16 bits per heavy atom. The molecular formula is C14H16N4O. The molecule has 5 nitrogen and oxygen atoms in total. The first kappa shape index (κ1) is 11.9. The molecule has 1 aliphatic rings. The first-order chi connectivity index (χ1) is 9.29. The molecule has 0 bridgehead atoms. The minimum atomic E-state index is 0.697. The number of aromatic amines is 1. The van der Waals surface area contributed by atoms with E-state index in [2.05, 4.69) is 33.3 Å². The molecule has 0 radical (unpaired) electrons. The van der Waals surface area contributed by atoms with Gasteiger partial charge in [0.25, 0.3) is 0 Å². The molecule has 19 heavy (non-hydrogen) atoms. The first-order valence-electron chi connectivity index (χ1n) is 6.34. The van der Waals surface area contributed by atoms with E-state index in [4.69, 9.17) is 0 Å². The molecule has 0 aromatic carbocycles. The smallest absolute Gasteiger partial charge is 0.211 e. The highest BCUT2D eigenvalue weighted by Gasteiger charge is 2.15. The Labute approximate surface area is 111 Å². The summed E-state index contributed by atoms with van der Waals surface area (Å²) in [6.07, 6.45) is 7.54. The number of carbonyl (C=O) groups is 1. The van der Waals surface area contributed by atoms with Gasteiger partial charge in [0.15, 0.2) is 0 Å². The molecule has 0 saturated heterocycles. The van der Waals surface area contributed by atoms with Crippen LogP contribution >= 0.6 is 0 Å². The summed E-state index contributed by atoms with van der Waals surface area (Å²) in [4.78, 5) is 20.4. The van der Waals surface area contributed by atoms with Crippen molar-refractivity contribution in [3.05, 3.63) is 30.1 Å². The maximum Gasteiger partial charge on any atom is 0.211 e. The van der Waals surface area contributed by atoms with Crippen molar-refractivity contribution in [3.8, 4) is 0 Å². The average Bonchev–Trinajstić information content (AvgIpc) is 2.84. The monoisotopic (exact) mass is 256 g/mol. The topological polar surface area (TPSA) is 61.0 Å². The number of carbonyl (C=O) groups excluding carboxylic acids is 1. The van der Waals surface area contributed by atoms with Crippen LogP contribution in [0.15, 0.2) is 24.5 Å². The average molecular weight is 256 g/mol. The molecule has 3 heterocycles. The highest BCUT2D eigenvalue weighted by atomic mass is 16.1. The van der Waals surface area contributed by atoms with E-state index in [-0.39, 0.29) is 0 Å². The van der Waals surface area contributed by atoms with Crippen molar-refractivity contribution in [2.75, 3.05) is 25.5 Å². The molecule has 0 fully saturated rings. The fourth-order valence-electron chi connectivity index (χ4n) is 2.52. The van der Waals surface area contributed by atoms with E-state index in [0.29, 0.717) is 6.41 Å². The van der Waals surface area contributed by atoms with Crippen LogP contribution in [0.2, 0.25) is 0 Å². The van der Waals surface area contributed by atoms with E-state index < -0.39 is 0 Å². The van der Waals surface area contributed by atoms with Crippen LogP contribution in [-0.2, 0) is 4.79 Å². The van der Waals surface area contributed by atoms with Gasteiger partial charge in [0, 0.05) is 30.9 Å². The van der Waals surface area contributed by atoms with Crippen LogP contribution in [0.25, 0.3) is 16.6 Å². The van der Waals surface area contributed by atoms with Gasteiger partial charge < -0.3 is 15.2 Å². The van der Waals surface area contributed by atoms with Gasteiger partial charge in [-0.25, -0.2) is 4.98 Å². The molecular weight excluding hydrogens is 240 g/mol. The Bertz CT molecular complexity index is 644. The highest BCUT2D eigenvalue weighted by molar-refractivity contribution is 6.02. The van der Waals surface area contributed by atoms with E-state index in [1.807, 2.05) is 6.07 Å². The SMILES string of the molecule is CN1CC=C(c2ccnc3[nH]cc(NC=O)c23)CC1. The van der Waals surface area contributed by atoms with Crippen molar-refractivity contribution >= 4 is 28.7 Å².